The maximum Gasteiger partial charge on any atom is 0.264 e. The number of carbonyl (C=O) groups excluding carboxylic acids is 2. The molecule has 0 spiro atoms. The first-order valence-corrected chi connectivity index (χ1v) is 15.7. The fraction of sp³-hybridized carbons (Fsp3) is 0.333. The van der Waals surface area contributed by atoms with Crippen molar-refractivity contribution in [3.8, 4) is 0 Å². The predicted molar refractivity (Wildman–Crippen MR) is 166 cm³/mol. The van der Waals surface area contributed by atoms with Gasteiger partial charge >= 0.3 is 0 Å². The molecule has 3 rings (SSSR count). The molecule has 11 heteroatoms. The Morgan fingerprint density at radius 1 is 0.902 bits per heavy atom. The van der Waals surface area contributed by atoms with Gasteiger partial charge in [-0.3, -0.25) is 13.9 Å². The summed E-state index contributed by atoms with van der Waals surface area (Å²) in [5.74, 6) is -0.934. The molecule has 0 aliphatic heterocycles. The average Bonchev–Trinajstić information content (AvgIpc) is 2.92. The van der Waals surface area contributed by atoms with E-state index in [1.165, 1.54) is 17.0 Å². The molecule has 220 valence electrons. The summed E-state index contributed by atoms with van der Waals surface area (Å²) in [7, 11) is -4.19. The zero-order valence-corrected chi connectivity index (χ0v) is 26.7. The van der Waals surface area contributed by atoms with Crippen molar-refractivity contribution in [2.75, 3.05) is 10.8 Å². The number of halogens is 3. The van der Waals surface area contributed by atoms with Crippen LogP contribution in [0.25, 0.3) is 0 Å². The minimum absolute atomic E-state index is 0.00281. The molecule has 0 aromatic heterocycles. The van der Waals surface area contributed by atoms with E-state index in [0.29, 0.717) is 38.3 Å². The molecule has 0 aliphatic carbocycles. The van der Waals surface area contributed by atoms with Crippen LogP contribution in [0, 0.1) is 13.8 Å². The van der Waals surface area contributed by atoms with Gasteiger partial charge in [0.15, 0.2) is 0 Å². The quantitative estimate of drug-likeness (QED) is 0.251. The van der Waals surface area contributed by atoms with Gasteiger partial charge in [-0.15, -0.1) is 0 Å². The van der Waals surface area contributed by atoms with Gasteiger partial charge in [0.05, 0.1) is 20.6 Å². The van der Waals surface area contributed by atoms with Gasteiger partial charge in [0.1, 0.15) is 12.6 Å². The standard InChI is InChI=1S/C30H34Cl3N3O4S/c1-6-21(4)34-30(38)22(5)35(17-23-9-13-26(32)27(33)16-23)29(37)18-36(28-14-10-24(31)15-20(28)3)41(39,40)25-11-7-19(2)8-12-25/h7-16,21-22H,6,17-18H2,1-5H3,(H,34,38). The van der Waals surface area contributed by atoms with Crippen LogP contribution in [0.2, 0.25) is 15.1 Å². The molecule has 41 heavy (non-hydrogen) atoms. The van der Waals surface area contributed by atoms with Crippen molar-refractivity contribution >= 4 is 62.3 Å². The number of hydrogen-bond acceptors (Lipinski definition) is 4. The van der Waals surface area contributed by atoms with Gasteiger partial charge in [-0.25, -0.2) is 8.42 Å². The number of nitrogens with zero attached hydrogens (tertiary/aromatic N) is 2. The first-order valence-electron chi connectivity index (χ1n) is 13.1. The number of carbonyl (C=O) groups is 2. The summed E-state index contributed by atoms with van der Waals surface area (Å²) in [6, 6.07) is 15.1. The van der Waals surface area contributed by atoms with Crippen molar-refractivity contribution in [2.24, 2.45) is 0 Å². The second kappa shape index (κ2) is 13.9. The molecule has 3 aromatic rings. The molecule has 1 N–H and O–H groups in total. The first-order chi connectivity index (χ1) is 19.2. The smallest absolute Gasteiger partial charge is 0.264 e. The molecule has 0 radical (unpaired) electrons. The van der Waals surface area contributed by atoms with E-state index in [9.17, 15) is 18.0 Å². The third-order valence-corrected chi connectivity index (χ3v) is 9.57. The van der Waals surface area contributed by atoms with Crippen LogP contribution in [-0.4, -0.2) is 43.8 Å². The molecule has 0 heterocycles. The Hall–Kier alpha value is -2.78. The molecule has 0 fully saturated rings. The Morgan fingerprint density at radius 2 is 1.56 bits per heavy atom. The Labute approximate surface area is 257 Å². The normalized spacial score (nSPS) is 12.9. The molecule has 0 saturated carbocycles. The van der Waals surface area contributed by atoms with Crippen LogP contribution in [0.1, 0.15) is 43.9 Å². The topological polar surface area (TPSA) is 86.8 Å². The van der Waals surface area contributed by atoms with E-state index in [-0.39, 0.29) is 23.4 Å². The average molecular weight is 639 g/mol. The predicted octanol–water partition coefficient (Wildman–Crippen LogP) is 6.79. The SMILES string of the molecule is CCC(C)NC(=O)C(C)N(Cc1ccc(Cl)c(Cl)c1)C(=O)CN(c1ccc(Cl)cc1C)S(=O)(=O)c1ccc(C)cc1. The lowest BCUT2D eigenvalue weighted by molar-refractivity contribution is -0.139. The molecular formula is C30H34Cl3N3O4S. The number of rotatable bonds is 11. The van der Waals surface area contributed by atoms with Gasteiger partial charge in [-0.2, -0.15) is 0 Å². The first kappa shape index (κ1) is 32.7. The third-order valence-electron chi connectivity index (χ3n) is 6.82. The van der Waals surface area contributed by atoms with Gasteiger partial charge < -0.3 is 10.2 Å². The third kappa shape index (κ3) is 8.16. The van der Waals surface area contributed by atoms with Gasteiger partial charge in [-0.05, 0) is 87.7 Å². The van der Waals surface area contributed by atoms with Gasteiger partial charge in [0, 0.05) is 17.6 Å². The van der Waals surface area contributed by atoms with Gasteiger partial charge in [-0.1, -0.05) is 65.5 Å². The molecule has 0 bridgehead atoms. The monoisotopic (exact) mass is 637 g/mol. The molecule has 3 aromatic carbocycles. The maximum absolute atomic E-state index is 14.0. The van der Waals surface area contributed by atoms with Crippen LogP contribution < -0.4 is 9.62 Å². The summed E-state index contributed by atoms with van der Waals surface area (Å²) in [6.45, 7) is 8.45. The molecule has 0 aliphatic rings. The van der Waals surface area contributed by atoms with Crippen LogP contribution in [0.5, 0.6) is 0 Å². The molecule has 2 amide bonds. The van der Waals surface area contributed by atoms with E-state index in [1.54, 1.807) is 62.4 Å². The van der Waals surface area contributed by atoms with Crippen LogP contribution in [0.3, 0.4) is 0 Å². The highest BCUT2D eigenvalue weighted by Crippen LogP contribution is 2.30. The van der Waals surface area contributed by atoms with Gasteiger partial charge in [0.25, 0.3) is 10.0 Å². The lowest BCUT2D eigenvalue weighted by atomic mass is 10.1. The minimum Gasteiger partial charge on any atom is -0.352 e. The highest BCUT2D eigenvalue weighted by Gasteiger charge is 2.33. The largest absolute Gasteiger partial charge is 0.352 e. The molecule has 2 unspecified atom stereocenters. The summed E-state index contributed by atoms with van der Waals surface area (Å²) in [4.78, 5) is 28.6. The van der Waals surface area contributed by atoms with Crippen molar-refractivity contribution in [1.82, 2.24) is 10.2 Å². The second-order valence-corrected chi connectivity index (χ2v) is 13.1. The summed E-state index contributed by atoms with van der Waals surface area (Å²) < 4.78 is 29.0. The highest BCUT2D eigenvalue weighted by molar-refractivity contribution is 7.92. The van der Waals surface area contributed by atoms with Crippen LogP contribution >= 0.6 is 34.8 Å². The van der Waals surface area contributed by atoms with Crippen molar-refractivity contribution in [1.29, 1.82) is 0 Å². The van der Waals surface area contributed by atoms with Crippen LogP contribution in [0.4, 0.5) is 5.69 Å². The van der Waals surface area contributed by atoms with Crippen LogP contribution in [0.15, 0.2) is 65.6 Å². The van der Waals surface area contributed by atoms with Gasteiger partial charge in [0.2, 0.25) is 11.8 Å². The number of sulfonamides is 1. The Kier molecular flexibility index (Phi) is 11.1. The lowest BCUT2D eigenvalue weighted by Gasteiger charge is -2.33. The zero-order valence-electron chi connectivity index (χ0n) is 23.6. The fourth-order valence-corrected chi connectivity index (χ4v) is 6.16. The summed E-state index contributed by atoms with van der Waals surface area (Å²) in [5.41, 5.74) is 2.39. The molecule has 7 nitrogen and oxygen atoms in total. The Bertz CT molecular complexity index is 1510. The zero-order chi connectivity index (χ0) is 30.5. The highest BCUT2D eigenvalue weighted by atomic mass is 35.5. The maximum atomic E-state index is 14.0. The van der Waals surface area contributed by atoms with E-state index in [4.69, 9.17) is 34.8 Å². The van der Waals surface area contributed by atoms with E-state index < -0.39 is 28.5 Å². The Morgan fingerprint density at radius 3 is 2.15 bits per heavy atom. The number of nitrogens with one attached hydrogen (secondary N) is 1. The molecular weight excluding hydrogens is 605 g/mol. The van der Waals surface area contributed by atoms with Crippen molar-refractivity contribution in [3.05, 3.63) is 92.4 Å². The number of amides is 2. The number of benzene rings is 3. The number of aryl methyl sites for hydroxylation is 2. The van der Waals surface area contributed by atoms with Crippen molar-refractivity contribution in [2.45, 2.75) is 64.6 Å². The van der Waals surface area contributed by atoms with E-state index in [1.807, 2.05) is 20.8 Å². The van der Waals surface area contributed by atoms with Crippen molar-refractivity contribution < 1.29 is 18.0 Å². The van der Waals surface area contributed by atoms with Crippen molar-refractivity contribution in [3.63, 3.8) is 0 Å². The molecule has 2 atom stereocenters. The Balaban J connectivity index is 2.07. The minimum atomic E-state index is -4.19. The summed E-state index contributed by atoms with van der Waals surface area (Å²) >= 11 is 18.5. The summed E-state index contributed by atoms with van der Waals surface area (Å²) in [6.07, 6.45) is 0.706. The second-order valence-electron chi connectivity index (χ2n) is 10.0. The summed E-state index contributed by atoms with van der Waals surface area (Å²) in [5, 5.41) is 3.99. The number of anilines is 1. The van der Waals surface area contributed by atoms with Crippen LogP contribution in [-0.2, 0) is 26.2 Å². The molecule has 0 saturated heterocycles. The van der Waals surface area contributed by atoms with E-state index in [0.717, 1.165) is 9.87 Å². The van der Waals surface area contributed by atoms with E-state index in [2.05, 4.69) is 5.32 Å². The van der Waals surface area contributed by atoms with E-state index >= 15 is 0 Å². The lowest BCUT2D eigenvalue weighted by Crippen LogP contribution is -2.52. The number of hydrogen-bond donors (Lipinski definition) is 1. The fourth-order valence-electron chi connectivity index (χ4n) is 4.13.